The van der Waals surface area contributed by atoms with Gasteiger partial charge < -0.3 is 19.7 Å². The van der Waals surface area contributed by atoms with Crippen LogP contribution in [0.2, 0.25) is 0 Å². The van der Waals surface area contributed by atoms with E-state index in [1.54, 1.807) is 32.4 Å². The Morgan fingerprint density at radius 2 is 1.50 bits per heavy atom. The summed E-state index contributed by atoms with van der Waals surface area (Å²) in [5.41, 5.74) is 2.81. The molecule has 0 atom stereocenters. The number of carbonyl (C=O) groups is 1. The largest absolute Gasteiger partial charge is 0.497 e. The van der Waals surface area contributed by atoms with Crippen molar-refractivity contribution < 1.29 is 14.3 Å². The zero-order chi connectivity index (χ0) is 17.5. The van der Waals surface area contributed by atoms with Crippen molar-refractivity contribution in [1.82, 2.24) is 10.2 Å². The lowest BCUT2D eigenvalue weighted by Crippen LogP contribution is -2.22. The molecule has 0 unspecified atom stereocenters. The first-order chi connectivity index (χ1) is 11.5. The van der Waals surface area contributed by atoms with Crippen LogP contribution in [0.3, 0.4) is 0 Å². The Labute approximate surface area is 143 Å². The molecule has 0 saturated carbocycles. The van der Waals surface area contributed by atoms with Gasteiger partial charge in [0.2, 0.25) is 0 Å². The molecule has 0 saturated heterocycles. The Morgan fingerprint density at radius 3 is 2.00 bits per heavy atom. The first-order valence-electron chi connectivity index (χ1n) is 7.75. The zero-order valence-corrected chi connectivity index (χ0v) is 14.6. The van der Waals surface area contributed by atoms with E-state index in [0.717, 1.165) is 12.1 Å². The second-order valence-corrected chi connectivity index (χ2v) is 5.84. The Hall–Kier alpha value is -2.53. The smallest absolute Gasteiger partial charge is 0.251 e. The second kappa shape index (κ2) is 8.36. The van der Waals surface area contributed by atoms with Crippen LogP contribution in [-0.2, 0) is 13.1 Å². The summed E-state index contributed by atoms with van der Waals surface area (Å²) in [6.07, 6.45) is 0. The first-order valence-corrected chi connectivity index (χ1v) is 7.75. The summed E-state index contributed by atoms with van der Waals surface area (Å²) in [7, 11) is 7.20. The summed E-state index contributed by atoms with van der Waals surface area (Å²) in [4.78, 5) is 14.5. The van der Waals surface area contributed by atoms with Crippen molar-refractivity contribution in [2.45, 2.75) is 13.1 Å². The van der Waals surface area contributed by atoms with Crippen molar-refractivity contribution in [2.24, 2.45) is 0 Å². The highest BCUT2D eigenvalue weighted by molar-refractivity contribution is 5.95. The van der Waals surface area contributed by atoms with Crippen LogP contribution in [0.1, 0.15) is 21.5 Å². The van der Waals surface area contributed by atoms with Crippen LogP contribution in [-0.4, -0.2) is 39.1 Å². The molecule has 2 aromatic carbocycles. The summed E-state index contributed by atoms with van der Waals surface area (Å²) in [6, 6.07) is 13.3. The fraction of sp³-hybridized carbons (Fsp3) is 0.316. The summed E-state index contributed by atoms with van der Waals surface area (Å²) in [5, 5.41) is 2.92. The summed E-state index contributed by atoms with van der Waals surface area (Å²) in [6.45, 7) is 1.37. The van der Waals surface area contributed by atoms with Crippen LogP contribution in [0.25, 0.3) is 0 Å². The molecule has 0 radical (unpaired) electrons. The SMILES string of the molecule is COc1cc(OC)cc(C(=O)NCc2ccc(CN(C)C)cc2)c1. The number of hydrogen-bond acceptors (Lipinski definition) is 4. The number of hydrogen-bond donors (Lipinski definition) is 1. The molecule has 5 heteroatoms. The molecule has 0 heterocycles. The van der Waals surface area contributed by atoms with Gasteiger partial charge in [-0.05, 0) is 37.4 Å². The number of methoxy groups -OCH3 is 2. The lowest BCUT2D eigenvalue weighted by Gasteiger charge is -2.11. The Morgan fingerprint density at radius 1 is 0.958 bits per heavy atom. The van der Waals surface area contributed by atoms with Gasteiger partial charge in [-0.2, -0.15) is 0 Å². The van der Waals surface area contributed by atoms with Gasteiger partial charge in [-0.3, -0.25) is 4.79 Å². The van der Waals surface area contributed by atoms with Crippen LogP contribution in [0.4, 0.5) is 0 Å². The summed E-state index contributed by atoms with van der Waals surface area (Å²) in [5.74, 6) is 1.02. The van der Waals surface area contributed by atoms with Gasteiger partial charge >= 0.3 is 0 Å². The van der Waals surface area contributed by atoms with E-state index in [2.05, 4.69) is 22.3 Å². The maximum atomic E-state index is 12.3. The predicted octanol–water partition coefficient (Wildman–Crippen LogP) is 2.70. The molecule has 0 spiro atoms. The van der Waals surface area contributed by atoms with E-state index in [1.165, 1.54) is 5.56 Å². The first kappa shape index (κ1) is 17.8. The summed E-state index contributed by atoms with van der Waals surface area (Å²) < 4.78 is 10.4. The molecule has 0 fully saturated rings. The van der Waals surface area contributed by atoms with E-state index in [4.69, 9.17) is 9.47 Å². The number of rotatable bonds is 7. The minimum Gasteiger partial charge on any atom is -0.497 e. The highest BCUT2D eigenvalue weighted by Crippen LogP contribution is 2.22. The quantitative estimate of drug-likeness (QED) is 0.849. The minimum absolute atomic E-state index is 0.162. The second-order valence-electron chi connectivity index (χ2n) is 5.84. The fourth-order valence-electron chi connectivity index (χ4n) is 2.35. The van der Waals surface area contributed by atoms with Crippen molar-refractivity contribution >= 4 is 5.91 Å². The molecule has 5 nitrogen and oxygen atoms in total. The lowest BCUT2D eigenvalue weighted by atomic mass is 10.1. The van der Waals surface area contributed by atoms with Gasteiger partial charge in [0, 0.05) is 24.7 Å². The maximum Gasteiger partial charge on any atom is 0.251 e. The molecule has 2 rings (SSSR count). The highest BCUT2D eigenvalue weighted by atomic mass is 16.5. The molecular formula is C19H24N2O3. The van der Waals surface area contributed by atoms with Gasteiger partial charge in [0.25, 0.3) is 5.91 Å². The van der Waals surface area contributed by atoms with Crippen molar-refractivity contribution in [3.8, 4) is 11.5 Å². The zero-order valence-electron chi connectivity index (χ0n) is 14.6. The van der Waals surface area contributed by atoms with Crippen molar-refractivity contribution in [3.63, 3.8) is 0 Å². The topological polar surface area (TPSA) is 50.8 Å². The van der Waals surface area contributed by atoms with Crippen LogP contribution in [0.5, 0.6) is 11.5 Å². The molecule has 1 N–H and O–H groups in total. The molecule has 2 aromatic rings. The number of nitrogens with one attached hydrogen (secondary N) is 1. The molecular weight excluding hydrogens is 304 g/mol. The fourth-order valence-corrected chi connectivity index (χ4v) is 2.35. The molecule has 0 aliphatic rings. The van der Waals surface area contributed by atoms with Crippen LogP contribution < -0.4 is 14.8 Å². The van der Waals surface area contributed by atoms with Gasteiger partial charge in [0.1, 0.15) is 11.5 Å². The highest BCUT2D eigenvalue weighted by Gasteiger charge is 2.09. The number of nitrogens with zero attached hydrogens (tertiary/aromatic N) is 1. The third-order valence-electron chi connectivity index (χ3n) is 3.59. The van der Waals surface area contributed by atoms with E-state index in [0.29, 0.717) is 23.6 Å². The van der Waals surface area contributed by atoms with Crippen molar-refractivity contribution in [2.75, 3.05) is 28.3 Å². The van der Waals surface area contributed by atoms with E-state index < -0.39 is 0 Å². The Kier molecular flexibility index (Phi) is 6.21. The van der Waals surface area contributed by atoms with Crippen LogP contribution in [0.15, 0.2) is 42.5 Å². The van der Waals surface area contributed by atoms with Gasteiger partial charge in [-0.15, -0.1) is 0 Å². The van der Waals surface area contributed by atoms with Gasteiger partial charge in [0.05, 0.1) is 14.2 Å². The number of amides is 1. The monoisotopic (exact) mass is 328 g/mol. The molecule has 128 valence electrons. The van der Waals surface area contributed by atoms with Crippen molar-refractivity contribution in [3.05, 3.63) is 59.2 Å². The number of benzene rings is 2. The molecule has 1 amide bonds. The number of carbonyl (C=O) groups excluding carboxylic acids is 1. The molecule has 24 heavy (non-hydrogen) atoms. The summed E-state index contributed by atoms with van der Waals surface area (Å²) >= 11 is 0. The predicted molar refractivity (Wildman–Crippen MR) is 94.5 cm³/mol. The van der Waals surface area contributed by atoms with Gasteiger partial charge in [-0.25, -0.2) is 0 Å². The molecule has 0 aliphatic carbocycles. The maximum absolute atomic E-state index is 12.3. The minimum atomic E-state index is -0.162. The van der Waals surface area contributed by atoms with E-state index in [-0.39, 0.29) is 5.91 Å². The van der Waals surface area contributed by atoms with E-state index >= 15 is 0 Å². The van der Waals surface area contributed by atoms with E-state index in [1.807, 2.05) is 26.2 Å². The van der Waals surface area contributed by atoms with Gasteiger partial charge in [-0.1, -0.05) is 24.3 Å². The lowest BCUT2D eigenvalue weighted by molar-refractivity contribution is 0.0950. The number of ether oxygens (including phenoxy) is 2. The third kappa shape index (κ3) is 4.99. The average molecular weight is 328 g/mol. The third-order valence-corrected chi connectivity index (χ3v) is 3.59. The van der Waals surface area contributed by atoms with Gasteiger partial charge in [0.15, 0.2) is 0 Å². The van der Waals surface area contributed by atoms with Crippen molar-refractivity contribution in [1.29, 1.82) is 0 Å². The molecule has 0 bridgehead atoms. The molecule has 0 aliphatic heterocycles. The normalized spacial score (nSPS) is 10.5. The molecule has 0 aromatic heterocycles. The Balaban J connectivity index is 2.00. The Bertz CT molecular complexity index is 659. The standard InChI is InChI=1S/C19H24N2O3/c1-21(2)13-15-7-5-14(6-8-15)12-20-19(22)16-9-17(23-3)11-18(10-16)24-4/h5-11H,12-13H2,1-4H3,(H,20,22). The van der Waals surface area contributed by atoms with Crippen LogP contribution >= 0.6 is 0 Å². The average Bonchev–Trinajstić information content (AvgIpc) is 2.59. The van der Waals surface area contributed by atoms with E-state index in [9.17, 15) is 4.79 Å². The van der Waals surface area contributed by atoms with Crippen LogP contribution in [0, 0.1) is 0 Å².